The number of nitrogens with zero attached hydrogens (tertiary/aromatic N) is 3. The number of rotatable bonds is 6. The molecule has 0 bridgehead atoms. The number of aliphatic imine (C=N–C) groups is 1. The molecule has 3 heterocycles. The molecule has 2 aromatic heterocycles. The zero-order chi connectivity index (χ0) is 17.5. The van der Waals surface area contributed by atoms with Gasteiger partial charge in [0.2, 0.25) is 0 Å². The predicted molar refractivity (Wildman–Crippen MR) is 117 cm³/mol. The van der Waals surface area contributed by atoms with Gasteiger partial charge in [0.05, 0.1) is 0 Å². The quantitative estimate of drug-likeness (QED) is 0.372. The molecule has 1 fully saturated rings. The van der Waals surface area contributed by atoms with Crippen molar-refractivity contribution in [3.8, 4) is 0 Å². The van der Waals surface area contributed by atoms with Crippen molar-refractivity contribution in [2.24, 2.45) is 4.99 Å². The van der Waals surface area contributed by atoms with Crippen LogP contribution in [0, 0.1) is 5.82 Å². The lowest BCUT2D eigenvalue weighted by atomic mass is 10.2. The van der Waals surface area contributed by atoms with Gasteiger partial charge in [-0.05, 0) is 54.3 Å². The van der Waals surface area contributed by atoms with Gasteiger partial charge in [0.15, 0.2) is 17.6 Å². The second kappa shape index (κ2) is 10.7. The third-order valence-corrected chi connectivity index (χ3v) is 4.89. The van der Waals surface area contributed by atoms with Crippen LogP contribution in [0.1, 0.15) is 18.9 Å². The van der Waals surface area contributed by atoms with Crippen molar-refractivity contribution in [2.75, 3.05) is 31.1 Å². The van der Waals surface area contributed by atoms with Crippen LogP contribution in [-0.2, 0) is 6.42 Å². The lowest BCUT2D eigenvalue weighted by molar-refractivity contribution is 0.612. The van der Waals surface area contributed by atoms with Crippen LogP contribution in [0.2, 0.25) is 0 Å². The monoisotopic (exact) mass is 489 g/mol. The standard InChI is InChI=1S/C18H24FN5S.HI/c1-2-20-18(22-9-5-14-7-11-25-13-14)23-15-6-10-24(12-15)17-16(19)4-3-8-21-17;/h3-4,7-8,11,13,15H,2,5-6,9-10,12H2,1H3,(H2,20,22,23);1H. The van der Waals surface area contributed by atoms with Gasteiger partial charge < -0.3 is 15.5 Å². The number of pyridine rings is 1. The lowest BCUT2D eigenvalue weighted by Gasteiger charge is -2.19. The van der Waals surface area contributed by atoms with Gasteiger partial charge in [0.1, 0.15) is 0 Å². The molecule has 26 heavy (non-hydrogen) atoms. The third kappa shape index (κ3) is 5.80. The topological polar surface area (TPSA) is 52.6 Å². The second-order valence-corrected chi connectivity index (χ2v) is 6.81. The van der Waals surface area contributed by atoms with Crippen molar-refractivity contribution in [1.29, 1.82) is 0 Å². The average molecular weight is 489 g/mol. The molecule has 8 heteroatoms. The molecule has 1 saturated heterocycles. The molecule has 1 aliphatic rings. The minimum atomic E-state index is -0.264. The van der Waals surface area contributed by atoms with Gasteiger partial charge >= 0.3 is 0 Å². The van der Waals surface area contributed by atoms with E-state index in [9.17, 15) is 4.39 Å². The zero-order valence-corrected chi connectivity index (χ0v) is 18.0. The van der Waals surface area contributed by atoms with Crippen LogP contribution in [0.15, 0.2) is 40.1 Å². The summed E-state index contributed by atoms with van der Waals surface area (Å²) in [6.07, 6.45) is 3.51. The first-order valence-corrected chi connectivity index (χ1v) is 9.62. The maximum absolute atomic E-state index is 13.9. The van der Waals surface area contributed by atoms with Gasteiger partial charge in [0.25, 0.3) is 0 Å². The minimum Gasteiger partial charge on any atom is -0.357 e. The fourth-order valence-corrected chi connectivity index (χ4v) is 3.63. The number of hydrogen-bond acceptors (Lipinski definition) is 4. The zero-order valence-electron chi connectivity index (χ0n) is 14.8. The van der Waals surface area contributed by atoms with Crippen LogP contribution in [0.5, 0.6) is 0 Å². The first kappa shape index (κ1) is 20.9. The van der Waals surface area contributed by atoms with Crippen molar-refractivity contribution in [3.63, 3.8) is 0 Å². The summed E-state index contributed by atoms with van der Waals surface area (Å²) >= 11 is 1.71. The molecule has 0 aromatic carbocycles. The van der Waals surface area contributed by atoms with Gasteiger partial charge in [-0.3, -0.25) is 4.99 Å². The van der Waals surface area contributed by atoms with E-state index in [1.54, 1.807) is 23.6 Å². The molecule has 5 nitrogen and oxygen atoms in total. The lowest BCUT2D eigenvalue weighted by Crippen LogP contribution is -2.44. The number of guanidine groups is 1. The van der Waals surface area contributed by atoms with Crippen LogP contribution in [0.25, 0.3) is 0 Å². The normalized spacial score (nSPS) is 17.1. The Bertz CT molecular complexity index is 695. The molecule has 0 amide bonds. The van der Waals surface area contributed by atoms with Crippen LogP contribution in [0.3, 0.4) is 0 Å². The number of halogens is 2. The first-order chi connectivity index (χ1) is 12.3. The SMILES string of the molecule is CCNC(=NCCc1ccsc1)NC1CCN(c2ncccc2F)C1.I. The molecule has 1 atom stereocenters. The summed E-state index contributed by atoms with van der Waals surface area (Å²) in [5.41, 5.74) is 1.32. The van der Waals surface area contributed by atoms with Crippen LogP contribution < -0.4 is 15.5 Å². The number of aromatic nitrogens is 1. The van der Waals surface area contributed by atoms with E-state index in [1.165, 1.54) is 11.6 Å². The Morgan fingerprint density at radius 1 is 1.46 bits per heavy atom. The molecule has 0 radical (unpaired) electrons. The molecule has 3 rings (SSSR count). The van der Waals surface area contributed by atoms with Crippen LogP contribution >= 0.6 is 35.3 Å². The molecular formula is C18H25FIN5S. The fraction of sp³-hybridized carbons (Fsp3) is 0.444. The highest BCUT2D eigenvalue weighted by Crippen LogP contribution is 2.20. The Hall–Kier alpha value is -1.42. The average Bonchev–Trinajstić information content (AvgIpc) is 3.27. The smallest absolute Gasteiger partial charge is 0.191 e. The summed E-state index contributed by atoms with van der Waals surface area (Å²) in [5, 5.41) is 11.0. The van der Waals surface area contributed by atoms with E-state index < -0.39 is 0 Å². The van der Waals surface area contributed by atoms with Crippen molar-refractivity contribution in [2.45, 2.75) is 25.8 Å². The molecule has 0 saturated carbocycles. The third-order valence-electron chi connectivity index (χ3n) is 4.16. The fourth-order valence-electron chi connectivity index (χ4n) is 2.93. The molecule has 1 aliphatic heterocycles. The maximum Gasteiger partial charge on any atom is 0.191 e. The number of nitrogens with one attached hydrogen (secondary N) is 2. The summed E-state index contributed by atoms with van der Waals surface area (Å²) in [7, 11) is 0. The van der Waals surface area contributed by atoms with Crippen LogP contribution in [0.4, 0.5) is 10.2 Å². The molecule has 2 N–H and O–H groups in total. The molecule has 2 aromatic rings. The molecular weight excluding hydrogens is 464 g/mol. The van der Waals surface area contributed by atoms with E-state index in [0.29, 0.717) is 5.82 Å². The number of hydrogen-bond donors (Lipinski definition) is 2. The van der Waals surface area contributed by atoms with Crippen molar-refractivity contribution in [1.82, 2.24) is 15.6 Å². The van der Waals surface area contributed by atoms with Gasteiger partial charge in [-0.15, -0.1) is 24.0 Å². The first-order valence-electron chi connectivity index (χ1n) is 8.67. The Balaban J connectivity index is 0.00000243. The molecule has 0 spiro atoms. The van der Waals surface area contributed by atoms with E-state index in [2.05, 4.69) is 44.4 Å². The van der Waals surface area contributed by atoms with Gasteiger partial charge in [0, 0.05) is 38.4 Å². The van der Waals surface area contributed by atoms with Crippen molar-refractivity contribution in [3.05, 3.63) is 46.5 Å². The minimum absolute atomic E-state index is 0. The highest BCUT2D eigenvalue weighted by molar-refractivity contribution is 14.0. The summed E-state index contributed by atoms with van der Waals surface area (Å²) in [5.74, 6) is 0.997. The molecule has 142 valence electrons. The highest BCUT2D eigenvalue weighted by Gasteiger charge is 2.25. The van der Waals surface area contributed by atoms with E-state index in [1.807, 2.05) is 4.90 Å². The Labute approximate surface area is 175 Å². The Morgan fingerprint density at radius 3 is 3.08 bits per heavy atom. The molecule has 0 aliphatic carbocycles. The van der Waals surface area contributed by atoms with Gasteiger partial charge in [-0.1, -0.05) is 0 Å². The highest BCUT2D eigenvalue weighted by atomic mass is 127. The largest absolute Gasteiger partial charge is 0.357 e. The maximum atomic E-state index is 13.9. The number of thiophene rings is 1. The summed E-state index contributed by atoms with van der Waals surface area (Å²) in [6.45, 7) is 5.13. The summed E-state index contributed by atoms with van der Waals surface area (Å²) in [6, 6.07) is 5.45. The van der Waals surface area contributed by atoms with E-state index in [0.717, 1.165) is 45.0 Å². The summed E-state index contributed by atoms with van der Waals surface area (Å²) in [4.78, 5) is 10.8. The van der Waals surface area contributed by atoms with Crippen LogP contribution in [-0.4, -0.2) is 43.2 Å². The number of anilines is 1. The van der Waals surface area contributed by atoms with Gasteiger partial charge in [-0.2, -0.15) is 11.3 Å². The van der Waals surface area contributed by atoms with E-state index in [-0.39, 0.29) is 35.8 Å². The Morgan fingerprint density at radius 2 is 2.35 bits per heavy atom. The molecule has 1 unspecified atom stereocenters. The van der Waals surface area contributed by atoms with E-state index in [4.69, 9.17) is 0 Å². The van der Waals surface area contributed by atoms with Crippen molar-refractivity contribution < 1.29 is 4.39 Å². The Kier molecular flexibility index (Phi) is 8.56. The van der Waals surface area contributed by atoms with Crippen molar-refractivity contribution >= 4 is 47.1 Å². The van der Waals surface area contributed by atoms with E-state index >= 15 is 0 Å². The predicted octanol–water partition coefficient (Wildman–Crippen LogP) is 3.28. The van der Waals surface area contributed by atoms with Gasteiger partial charge in [-0.25, -0.2) is 9.37 Å². The summed E-state index contributed by atoms with van der Waals surface area (Å²) < 4.78 is 13.9. The second-order valence-electron chi connectivity index (χ2n) is 6.03.